The molecule has 1 aromatic carbocycles. The predicted octanol–water partition coefficient (Wildman–Crippen LogP) is 2.76. The Morgan fingerprint density at radius 1 is 1.36 bits per heavy atom. The molecule has 0 spiro atoms. The summed E-state index contributed by atoms with van der Waals surface area (Å²) in [4.78, 5) is 18.8. The molecule has 10 heteroatoms. The lowest BCUT2D eigenvalue weighted by atomic mass is 10.2. The van der Waals surface area contributed by atoms with Gasteiger partial charge in [-0.2, -0.15) is 0 Å². The van der Waals surface area contributed by atoms with Crippen molar-refractivity contribution in [2.24, 2.45) is 4.99 Å². The summed E-state index contributed by atoms with van der Waals surface area (Å²) in [6.45, 7) is 1.94. The Morgan fingerprint density at radius 2 is 2.12 bits per heavy atom. The van der Waals surface area contributed by atoms with Crippen molar-refractivity contribution in [3.05, 3.63) is 57.0 Å². The van der Waals surface area contributed by atoms with Crippen molar-refractivity contribution in [3.63, 3.8) is 0 Å². The Labute approximate surface area is 146 Å². The first-order valence-electron chi connectivity index (χ1n) is 7.24. The van der Waals surface area contributed by atoms with Crippen LogP contribution in [0.1, 0.15) is 16.4 Å². The Bertz CT molecular complexity index is 916. The van der Waals surface area contributed by atoms with Crippen LogP contribution in [0.2, 0.25) is 0 Å². The number of methoxy groups -OCH3 is 1. The molecular weight excluding hydrogens is 344 g/mol. The van der Waals surface area contributed by atoms with E-state index in [1.54, 1.807) is 20.2 Å². The molecule has 0 fully saturated rings. The largest absolute Gasteiger partial charge is 0.497 e. The highest BCUT2D eigenvalue weighted by Crippen LogP contribution is 2.22. The van der Waals surface area contributed by atoms with E-state index < -0.39 is 4.92 Å². The summed E-state index contributed by atoms with van der Waals surface area (Å²) in [5.41, 5.74) is 0.902. The molecule has 0 atom stereocenters. The van der Waals surface area contributed by atoms with Crippen LogP contribution in [0.15, 0.2) is 35.5 Å². The maximum absolute atomic E-state index is 11.0. The van der Waals surface area contributed by atoms with E-state index in [4.69, 9.17) is 4.74 Å². The monoisotopic (exact) mass is 358 g/mol. The van der Waals surface area contributed by atoms with Gasteiger partial charge in [0.25, 0.3) is 0 Å². The fraction of sp³-hybridized carbons (Fsp3) is 0.200. The molecule has 0 radical (unpaired) electrons. The highest BCUT2D eigenvalue weighted by atomic mass is 32.1. The number of hydrogen-bond donors (Lipinski definition) is 0. The molecule has 0 bridgehead atoms. The molecule has 0 saturated carbocycles. The molecule has 9 nitrogen and oxygen atoms in total. The van der Waals surface area contributed by atoms with E-state index in [1.165, 1.54) is 22.1 Å². The van der Waals surface area contributed by atoms with Gasteiger partial charge in [0.15, 0.2) is 10.8 Å². The zero-order valence-corrected chi connectivity index (χ0v) is 14.3. The van der Waals surface area contributed by atoms with Crippen LogP contribution in [0.4, 0.5) is 10.9 Å². The van der Waals surface area contributed by atoms with Crippen LogP contribution in [0.5, 0.6) is 5.75 Å². The number of ether oxygens (including phenoxy) is 1. The van der Waals surface area contributed by atoms with Crippen LogP contribution in [0.3, 0.4) is 0 Å². The van der Waals surface area contributed by atoms with E-state index in [1.807, 2.05) is 24.3 Å². The molecule has 2 aromatic heterocycles. The molecule has 0 aliphatic rings. The molecule has 2 heterocycles. The molecule has 25 heavy (non-hydrogen) atoms. The number of aliphatic imine (C=N–C) groups is 1. The van der Waals surface area contributed by atoms with Gasteiger partial charge in [-0.05, 0) is 34.8 Å². The Balaban J connectivity index is 1.73. The molecule has 0 unspecified atom stereocenters. The first-order chi connectivity index (χ1) is 12.1. The summed E-state index contributed by atoms with van der Waals surface area (Å²) < 4.78 is 6.58. The molecule has 0 saturated heterocycles. The van der Waals surface area contributed by atoms with Crippen LogP contribution in [-0.2, 0) is 6.54 Å². The van der Waals surface area contributed by atoms with Crippen LogP contribution in [-0.4, -0.2) is 38.0 Å². The van der Waals surface area contributed by atoms with Crippen LogP contribution in [0, 0.1) is 17.0 Å². The van der Waals surface area contributed by atoms with Gasteiger partial charge in [0.05, 0.1) is 7.11 Å². The molecule has 0 amide bonds. The van der Waals surface area contributed by atoms with Crippen molar-refractivity contribution in [1.29, 1.82) is 0 Å². The van der Waals surface area contributed by atoms with Gasteiger partial charge in [-0.15, -0.1) is 10.2 Å². The summed E-state index contributed by atoms with van der Waals surface area (Å²) in [5.74, 6) is 1.24. The summed E-state index contributed by atoms with van der Waals surface area (Å²) >= 11 is 1.27. The molecule has 0 aliphatic heterocycles. The lowest BCUT2D eigenvalue weighted by molar-refractivity contribution is -0.392. The summed E-state index contributed by atoms with van der Waals surface area (Å²) in [6, 6.07) is 7.44. The number of nitrogens with zero attached hydrogens (tertiary/aromatic N) is 6. The fourth-order valence-electron chi connectivity index (χ4n) is 2.11. The van der Waals surface area contributed by atoms with E-state index in [0.29, 0.717) is 16.0 Å². The van der Waals surface area contributed by atoms with Gasteiger partial charge in [0.1, 0.15) is 18.5 Å². The predicted molar refractivity (Wildman–Crippen MR) is 92.9 cm³/mol. The van der Waals surface area contributed by atoms with Gasteiger partial charge in [-0.1, -0.05) is 11.3 Å². The van der Waals surface area contributed by atoms with Crippen LogP contribution >= 0.6 is 11.3 Å². The molecular formula is C15H14N6O3S. The quantitative estimate of drug-likeness (QED) is 0.381. The van der Waals surface area contributed by atoms with Crippen molar-refractivity contribution in [2.45, 2.75) is 13.5 Å². The minimum absolute atomic E-state index is 0.0732. The van der Waals surface area contributed by atoms with Crippen molar-refractivity contribution >= 4 is 28.5 Å². The second-order valence-corrected chi connectivity index (χ2v) is 6.06. The first kappa shape index (κ1) is 16.7. The van der Waals surface area contributed by atoms with Gasteiger partial charge in [0, 0.05) is 13.1 Å². The third-order valence-corrected chi connectivity index (χ3v) is 4.23. The third kappa shape index (κ3) is 3.86. The van der Waals surface area contributed by atoms with Crippen molar-refractivity contribution in [1.82, 2.24) is 19.7 Å². The number of imidazole rings is 1. The fourth-order valence-corrected chi connectivity index (χ4v) is 2.79. The number of rotatable bonds is 6. The minimum atomic E-state index is -0.468. The van der Waals surface area contributed by atoms with E-state index >= 15 is 0 Å². The zero-order valence-electron chi connectivity index (χ0n) is 13.5. The number of benzene rings is 1. The summed E-state index contributed by atoms with van der Waals surface area (Å²) in [6.07, 6.45) is 2.91. The van der Waals surface area contributed by atoms with Gasteiger partial charge >= 0.3 is 5.82 Å². The van der Waals surface area contributed by atoms with E-state index in [2.05, 4.69) is 20.2 Å². The summed E-state index contributed by atoms with van der Waals surface area (Å²) in [5, 5.41) is 20.1. The molecule has 0 aliphatic carbocycles. The zero-order chi connectivity index (χ0) is 17.8. The first-order valence-corrected chi connectivity index (χ1v) is 8.05. The number of aryl methyl sites for hydroxylation is 1. The lowest BCUT2D eigenvalue weighted by Gasteiger charge is -1.99. The average molecular weight is 358 g/mol. The van der Waals surface area contributed by atoms with E-state index in [0.717, 1.165) is 11.3 Å². The summed E-state index contributed by atoms with van der Waals surface area (Å²) in [7, 11) is 1.61. The highest BCUT2D eigenvalue weighted by molar-refractivity contribution is 7.14. The minimum Gasteiger partial charge on any atom is -0.497 e. The molecule has 3 rings (SSSR count). The normalized spacial score (nSPS) is 11.1. The van der Waals surface area contributed by atoms with Crippen LogP contribution < -0.4 is 4.74 Å². The standard InChI is InChI=1S/C15H14N6O3S/c1-10-16-8-14(21(22)23)20(10)9-13-18-19-15(25-13)17-7-11-3-5-12(24-2)6-4-11/h3-8H,9H2,1-2H3. The maximum Gasteiger partial charge on any atom is 0.343 e. The van der Waals surface area contributed by atoms with Crippen molar-refractivity contribution in [3.8, 4) is 5.75 Å². The van der Waals surface area contributed by atoms with E-state index in [9.17, 15) is 10.1 Å². The average Bonchev–Trinajstić information content (AvgIpc) is 3.21. The topological polar surface area (TPSA) is 108 Å². The van der Waals surface area contributed by atoms with Gasteiger partial charge in [-0.3, -0.25) is 0 Å². The SMILES string of the molecule is COc1ccc(C=Nc2nnc(Cn3c([N+](=O)[O-])cnc3C)s2)cc1. The van der Waals surface area contributed by atoms with Crippen molar-refractivity contribution < 1.29 is 9.66 Å². The number of nitro groups is 1. The second kappa shape index (κ2) is 7.18. The molecule has 0 N–H and O–H groups in total. The van der Waals surface area contributed by atoms with E-state index in [-0.39, 0.29) is 12.4 Å². The number of aromatic nitrogens is 4. The Morgan fingerprint density at radius 3 is 2.80 bits per heavy atom. The Hall–Kier alpha value is -3.14. The molecule has 3 aromatic rings. The maximum atomic E-state index is 11.0. The second-order valence-electron chi connectivity index (χ2n) is 5.02. The van der Waals surface area contributed by atoms with Gasteiger partial charge < -0.3 is 14.9 Å². The number of hydrogen-bond acceptors (Lipinski definition) is 8. The van der Waals surface area contributed by atoms with Crippen LogP contribution in [0.25, 0.3) is 0 Å². The smallest absolute Gasteiger partial charge is 0.343 e. The highest BCUT2D eigenvalue weighted by Gasteiger charge is 2.19. The Kier molecular flexibility index (Phi) is 4.80. The lowest BCUT2D eigenvalue weighted by Crippen LogP contribution is -2.05. The van der Waals surface area contributed by atoms with Gasteiger partial charge in [-0.25, -0.2) is 14.5 Å². The van der Waals surface area contributed by atoms with Crippen molar-refractivity contribution in [2.75, 3.05) is 7.11 Å². The van der Waals surface area contributed by atoms with Gasteiger partial charge in [0.2, 0.25) is 5.13 Å². The molecule has 128 valence electrons. The third-order valence-electron chi connectivity index (χ3n) is 3.41.